The Bertz CT molecular complexity index is 1940. The highest BCUT2D eigenvalue weighted by molar-refractivity contribution is 6.35. The minimum absolute atomic E-state index is 0.00865. The summed E-state index contributed by atoms with van der Waals surface area (Å²) in [5.41, 5.74) is 1.20. The van der Waals surface area contributed by atoms with Crippen molar-refractivity contribution < 1.29 is 23.9 Å². The van der Waals surface area contributed by atoms with Gasteiger partial charge < -0.3 is 24.4 Å². The van der Waals surface area contributed by atoms with Crippen molar-refractivity contribution in [3.8, 4) is 22.6 Å². The summed E-state index contributed by atoms with van der Waals surface area (Å²) in [5.74, 6) is 1.22. The number of non-ortho nitro benzene ring substituents is 1. The smallest absolute Gasteiger partial charge is 0.410 e. The Kier molecular flexibility index (Phi) is 8.67. The van der Waals surface area contributed by atoms with Crippen molar-refractivity contribution in [2.45, 2.75) is 58.2 Å². The maximum Gasteiger partial charge on any atom is 0.410 e. The SMILES string of the molecule is COc1cc(OC)c(Cl)c(-c2cc3cnc(NC4CC5(C4)CN(C(=O)OC(C)(C)C)C5)nc3n(CCc3ccc([N+](=O)[O-])cc3)c2=O)c1. The normalized spacial score (nSPS) is 15.5. The van der Waals surface area contributed by atoms with Gasteiger partial charge in [0, 0.05) is 72.0 Å². The highest BCUT2D eigenvalue weighted by Crippen LogP contribution is 2.49. The first-order valence-electron chi connectivity index (χ1n) is 15.6. The predicted molar refractivity (Wildman–Crippen MR) is 181 cm³/mol. The number of hydrogen-bond donors (Lipinski definition) is 1. The third kappa shape index (κ3) is 6.59. The second kappa shape index (κ2) is 12.6. The lowest BCUT2D eigenvalue weighted by Crippen LogP contribution is -2.66. The Morgan fingerprint density at radius 2 is 1.81 bits per heavy atom. The van der Waals surface area contributed by atoms with Gasteiger partial charge in [0.25, 0.3) is 11.2 Å². The van der Waals surface area contributed by atoms with Crippen LogP contribution in [0.25, 0.3) is 22.2 Å². The van der Waals surface area contributed by atoms with Gasteiger partial charge in [-0.3, -0.25) is 19.5 Å². The number of benzene rings is 2. The van der Waals surface area contributed by atoms with Gasteiger partial charge in [-0.15, -0.1) is 0 Å². The van der Waals surface area contributed by atoms with Gasteiger partial charge in [-0.25, -0.2) is 9.78 Å². The Balaban J connectivity index is 1.28. The number of carbonyl (C=O) groups is 1. The predicted octanol–water partition coefficient (Wildman–Crippen LogP) is 6.09. The van der Waals surface area contributed by atoms with Crippen LogP contribution in [0.5, 0.6) is 11.5 Å². The maximum atomic E-state index is 14.2. The zero-order valence-electron chi connectivity index (χ0n) is 27.4. The monoisotopic (exact) mass is 676 g/mol. The molecule has 1 saturated carbocycles. The van der Waals surface area contributed by atoms with E-state index in [1.54, 1.807) is 46.0 Å². The number of nitro benzene ring substituents is 1. The Morgan fingerprint density at radius 3 is 2.44 bits per heavy atom. The van der Waals surface area contributed by atoms with Gasteiger partial charge in [0.2, 0.25) is 5.95 Å². The number of nitrogens with one attached hydrogen (secondary N) is 1. The third-order valence-electron chi connectivity index (χ3n) is 8.75. The summed E-state index contributed by atoms with van der Waals surface area (Å²) in [4.78, 5) is 48.4. The van der Waals surface area contributed by atoms with Crippen molar-refractivity contribution in [3.05, 3.63) is 79.7 Å². The zero-order valence-corrected chi connectivity index (χ0v) is 28.2. The van der Waals surface area contributed by atoms with Crippen LogP contribution < -0.4 is 20.3 Å². The summed E-state index contributed by atoms with van der Waals surface area (Å²) in [5, 5.41) is 15.4. The molecule has 0 atom stereocenters. The molecule has 1 spiro atoms. The summed E-state index contributed by atoms with van der Waals surface area (Å²) >= 11 is 6.71. The molecule has 1 saturated heterocycles. The largest absolute Gasteiger partial charge is 0.497 e. The van der Waals surface area contributed by atoms with Crippen LogP contribution in [0.4, 0.5) is 16.4 Å². The van der Waals surface area contributed by atoms with Gasteiger partial charge in [0.15, 0.2) is 0 Å². The number of ether oxygens (including phenoxy) is 3. The van der Waals surface area contributed by atoms with Crippen LogP contribution in [0.3, 0.4) is 0 Å². The zero-order chi connectivity index (χ0) is 34.4. The standard InChI is InChI=1S/C34H37ClN6O7/c1-33(2,3)48-32(43)39-18-34(19-39)15-22(16-34)37-31-36-17-21-12-26(25-13-24(46-4)14-27(47-5)28(25)35)30(42)40(29(21)38-31)11-10-20-6-8-23(9-7-20)41(44)45/h6-9,12-14,17,22H,10-11,15-16,18-19H2,1-5H3,(H,36,37,38). The van der Waals surface area contributed by atoms with Gasteiger partial charge >= 0.3 is 6.09 Å². The Hall–Kier alpha value is -4.91. The molecular formula is C34H37ClN6O7. The molecule has 252 valence electrons. The molecule has 1 aliphatic heterocycles. The molecule has 3 heterocycles. The molecule has 0 radical (unpaired) electrons. The number of fused-ring (bicyclic) bond motifs is 1. The molecule has 2 aromatic carbocycles. The van der Waals surface area contributed by atoms with Crippen LogP contribution in [0.1, 0.15) is 39.2 Å². The molecule has 4 aromatic rings. The molecule has 0 unspecified atom stereocenters. The molecule has 2 aromatic heterocycles. The van der Waals surface area contributed by atoms with Crippen molar-refractivity contribution in [3.63, 3.8) is 0 Å². The number of rotatable bonds is 9. The van der Waals surface area contributed by atoms with E-state index in [1.165, 1.54) is 26.4 Å². The lowest BCUT2D eigenvalue weighted by atomic mass is 9.61. The van der Waals surface area contributed by atoms with E-state index in [0.717, 1.165) is 18.4 Å². The van der Waals surface area contributed by atoms with E-state index < -0.39 is 10.5 Å². The van der Waals surface area contributed by atoms with Crippen LogP contribution in [0, 0.1) is 15.5 Å². The fourth-order valence-corrected chi connectivity index (χ4v) is 6.72. The van der Waals surface area contributed by atoms with Gasteiger partial charge in [-0.1, -0.05) is 23.7 Å². The van der Waals surface area contributed by atoms with E-state index in [1.807, 2.05) is 20.8 Å². The number of carbonyl (C=O) groups excluding carboxylic acids is 1. The van der Waals surface area contributed by atoms with Crippen LogP contribution in [0.2, 0.25) is 5.02 Å². The first-order chi connectivity index (χ1) is 22.8. The van der Waals surface area contributed by atoms with Crippen molar-refractivity contribution in [2.75, 3.05) is 32.6 Å². The minimum Gasteiger partial charge on any atom is -0.497 e. The Labute approximate surface area is 281 Å². The number of anilines is 1. The highest BCUT2D eigenvalue weighted by Gasteiger charge is 2.54. The quantitative estimate of drug-likeness (QED) is 0.163. The molecule has 48 heavy (non-hydrogen) atoms. The third-order valence-corrected chi connectivity index (χ3v) is 9.14. The number of aryl methyl sites for hydroxylation is 2. The summed E-state index contributed by atoms with van der Waals surface area (Å²) in [6.07, 6.45) is 3.51. The van der Waals surface area contributed by atoms with E-state index in [9.17, 15) is 19.7 Å². The summed E-state index contributed by atoms with van der Waals surface area (Å²) in [7, 11) is 3.01. The van der Waals surface area contributed by atoms with E-state index in [-0.39, 0.29) is 40.4 Å². The molecule has 1 aliphatic carbocycles. The topological polar surface area (TPSA) is 151 Å². The lowest BCUT2D eigenvalue weighted by Gasteiger charge is -2.58. The minimum atomic E-state index is -0.534. The molecule has 14 heteroatoms. The average Bonchev–Trinajstić information content (AvgIpc) is 3.00. The van der Waals surface area contributed by atoms with Crippen molar-refractivity contribution in [2.24, 2.45) is 5.41 Å². The highest BCUT2D eigenvalue weighted by atomic mass is 35.5. The molecule has 6 rings (SSSR count). The molecular weight excluding hydrogens is 640 g/mol. The van der Waals surface area contributed by atoms with Gasteiger partial charge in [0.1, 0.15) is 22.7 Å². The number of hydrogen-bond acceptors (Lipinski definition) is 10. The van der Waals surface area contributed by atoms with Crippen LogP contribution >= 0.6 is 11.6 Å². The number of nitro groups is 1. The second-order valence-electron chi connectivity index (χ2n) is 13.4. The van der Waals surface area contributed by atoms with Gasteiger partial charge in [-0.05, 0) is 57.7 Å². The maximum absolute atomic E-state index is 14.2. The fourth-order valence-electron chi connectivity index (χ4n) is 6.44. The molecule has 1 N–H and O–H groups in total. The number of pyridine rings is 1. The van der Waals surface area contributed by atoms with Crippen LogP contribution in [-0.4, -0.2) is 69.4 Å². The number of halogens is 1. The van der Waals surface area contributed by atoms with E-state index >= 15 is 0 Å². The Morgan fingerprint density at radius 1 is 1.10 bits per heavy atom. The van der Waals surface area contributed by atoms with E-state index in [4.69, 9.17) is 30.8 Å². The van der Waals surface area contributed by atoms with Gasteiger partial charge in [-0.2, -0.15) is 4.98 Å². The summed E-state index contributed by atoms with van der Waals surface area (Å²) in [6, 6.07) is 11.4. The van der Waals surface area contributed by atoms with Crippen LogP contribution in [-0.2, 0) is 17.7 Å². The number of nitrogens with zero attached hydrogens (tertiary/aromatic N) is 5. The number of amides is 1. The number of likely N-dealkylation sites (tertiary alicyclic amines) is 1. The van der Waals surface area contributed by atoms with E-state index in [0.29, 0.717) is 59.1 Å². The molecule has 2 fully saturated rings. The van der Waals surface area contributed by atoms with Crippen molar-refractivity contribution in [1.82, 2.24) is 19.4 Å². The molecule has 2 aliphatic rings. The lowest BCUT2D eigenvalue weighted by molar-refractivity contribution is -0.384. The fraction of sp³-hybridized carbons (Fsp3) is 0.412. The van der Waals surface area contributed by atoms with Crippen molar-refractivity contribution >= 4 is 40.4 Å². The number of aromatic nitrogens is 3. The first kappa shape index (κ1) is 33.0. The first-order valence-corrected chi connectivity index (χ1v) is 16.0. The summed E-state index contributed by atoms with van der Waals surface area (Å²) < 4.78 is 18.0. The van der Waals surface area contributed by atoms with Crippen molar-refractivity contribution in [1.29, 1.82) is 0 Å². The average molecular weight is 677 g/mol. The molecule has 13 nitrogen and oxygen atoms in total. The molecule has 1 amide bonds. The van der Waals surface area contributed by atoms with E-state index in [2.05, 4.69) is 10.3 Å². The number of methoxy groups -OCH3 is 2. The van der Waals surface area contributed by atoms with Crippen LogP contribution in [0.15, 0.2) is 53.5 Å². The second-order valence-corrected chi connectivity index (χ2v) is 13.8. The summed E-state index contributed by atoms with van der Waals surface area (Å²) in [6.45, 7) is 7.11. The van der Waals surface area contributed by atoms with Gasteiger partial charge in [0.05, 0.1) is 24.2 Å². The molecule has 0 bridgehead atoms.